The van der Waals surface area contributed by atoms with Crippen LogP contribution in [0.15, 0.2) is 36.5 Å². The second-order valence-corrected chi connectivity index (χ2v) is 6.65. The summed E-state index contributed by atoms with van der Waals surface area (Å²) in [6.45, 7) is 9.37. The number of carbonyl (C=O) groups excluding carboxylic acids is 2. The van der Waals surface area contributed by atoms with Crippen molar-refractivity contribution < 1.29 is 9.59 Å². The zero-order valence-electron chi connectivity index (χ0n) is 16.5. The van der Waals surface area contributed by atoms with Crippen LogP contribution in [0.4, 0.5) is 5.69 Å². The summed E-state index contributed by atoms with van der Waals surface area (Å²) < 4.78 is 1.63. The average Bonchev–Trinajstić information content (AvgIpc) is 3.07. The zero-order valence-corrected chi connectivity index (χ0v) is 16.5. The Labute approximate surface area is 160 Å². The third-order valence-electron chi connectivity index (χ3n) is 4.12. The number of benzene rings is 1. The molecule has 0 spiro atoms. The van der Waals surface area contributed by atoms with Crippen LogP contribution in [0.3, 0.4) is 0 Å². The Morgan fingerprint density at radius 1 is 1.19 bits per heavy atom. The molecule has 0 saturated heterocycles. The van der Waals surface area contributed by atoms with Crippen LogP contribution in [0.1, 0.15) is 61.6 Å². The molecule has 2 N–H and O–H groups in total. The van der Waals surface area contributed by atoms with Crippen LogP contribution in [0.5, 0.6) is 0 Å². The van der Waals surface area contributed by atoms with Crippen LogP contribution in [0.25, 0.3) is 6.08 Å². The number of hydrogen-bond acceptors (Lipinski definition) is 3. The Bertz CT molecular complexity index is 804. The minimum atomic E-state index is -0.303. The number of rotatable bonds is 8. The molecule has 1 heterocycles. The molecule has 1 aromatic carbocycles. The maximum Gasteiger partial charge on any atom is 0.273 e. The summed E-state index contributed by atoms with van der Waals surface area (Å²) in [5.74, 6) is -0.116. The van der Waals surface area contributed by atoms with Crippen molar-refractivity contribution in [1.82, 2.24) is 15.1 Å². The normalized spacial score (nSPS) is 11.1. The lowest BCUT2D eigenvalue weighted by atomic mass is 10.0. The van der Waals surface area contributed by atoms with Crippen molar-refractivity contribution in [1.29, 1.82) is 0 Å². The van der Waals surface area contributed by atoms with Crippen molar-refractivity contribution in [2.24, 2.45) is 0 Å². The van der Waals surface area contributed by atoms with Gasteiger partial charge < -0.3 is 10.6 Å². The fraction of sp³-hybridized carbons (Fsp3) is 0.381. The first kappa shape index (κ1) is 20.4. The molecule has 6 heteroatoms. The Kier molecular flexibility index (Phi) is 7.34. The van der Waals surface area contributed by atoms with Crippen LogP contribution in [-0.2, 0) is 11.3 Å². The standard InChI is InChI=1S/C21H28N4O2/c1-5-13-22-21(27)20-18(14-25(6-2)24-20)23-19(26)12-9-16-7-10-17(11-8-16)15(3)4/h7-12,14-15H,5-6,13H2,1-4H3,(H,22,27)(H,23,26)/b12-9+. The minimum Gasteiger partial charge on any atom is -0.351 e. The summed E-state index contributed by atoms with van der Waals surface area (Å²) in [7, 11) is 0. The largest absolute Gasteiger partial charge is 0.351 e. The van der Waals surface area contributed by atoms with E-state index in [-0.39, 0.29) is 17.5 Å². The minimum absolute atomic E-state index is 0.230. The van der Waals surface area contributed by atoms with E-state index in [9.17, 15) is 9.59 Å². The highest BCUT2D eigenvalue weighted by molar-refractivity contribution is 6.06. The number of nitrogens with zero attached hydrogens (tertiary/aromatic N) is 2. The van der Waals surface area contributed by atoms with E-state index in [1.807, 2.05) is 26.0 Å². The molecule has 0 saturated carbocycles. The van der Waals surface area contributed by atoms with Gasteiger partial charge >= 0.3 is 0 Å². The zero-order chi connectivity index (χ0) is 19.8. The van der Waals surface area contributed by atoms with Crippen LogP contribution < -0.4 is 10.6 Å². The van der Waals surface area contributed by atoms with Crippen molar-refractivity contribution in [2.75, 3.05) is 11.9 Å². The van der Waals surface area contributed by atoms with E-state index in [1.54, 1.807) is 17.0 Å². The summed E-state index contributed by atoms with van der Waals surface area (Å²) in [5, 5.41) is 9.79. The van der Waals surface area contributed by atoms with Gasteiger partial charge in [0, 0.05) is 25.4 Å². The predicted molar refractivity (Wildman–Crippen MR) is 109 cm³/mol. The Hall–Kier alpha value is -2.89. The van der Waals surface area contributed by atoms with Gasteiger partial charge in [-0.15, -0.1) is 0 Å². The molecule has 0 aliphatic carbocycles. The van der Waals surface area contributed by atoms with Crippen molar-refractivity contribution in [2.45, 2.75) is 46.6 Å². The number of hydrogen-bond donors (Lipinski definition) is 2. The SMILES string of the molecule is CCCNC(=O)c1nn(CC)cc1NC(=O)/C=C/c1ccc(C(C)C)cc1. The lowest BCUT2D eigenvalue weighted by molar-refractivity contribution is -0.111. The molecule has 1 aromatic heterocycles. The number of nitrogens with one attached hydrogen (secondary N) is 2. The quantitative estimate of drug-likeness (QED) is 0.696. The average molecular weight is 368 g/mol. The van der Waals surface area contributed by atoms with Crippen LogP contribution in [0.2, 0.25) is 0 Å². The van der Waals surface area contributed by atoms with E-state index in [4.69, 9.17) is 0 Å². The molecule has 0 fully saturated rings. The summed E-state index contributed by atoms with van der Waals surface area (Å²) in [5.41, 5.74) is 2.84. The van der Waals surface area contributed by atoms with E-state index >= 15 is 0 Å². The molecule has 0 radical (unpaired) electrons. The maximum absolute atomic E-state index is 12.3. The third-order valence-corrected chi connectivity index (χ3v) is 4.12. The first-order valence-corrected chi connectivity index (χ1v) is 9.39. The van der Waals surface area contributed by atoms with E-state index in [0.29, 0.717) is 24.7 Å². The molecule has 2 rings (SSSR count). The number of aryl methyl sites for hydroxylation is 1. The molecule has 0 aliphatic rings. The summed E-state index contributed by atoms with van der Waals surface area (Å²) in [6, 6.07) is 8.09. The van der Waals surface area contributed by atoms with Gasteiger partial charge in [0.15, 0.2) is 5.69 Å². The number of amides is 2. The molecule has 2 aromatic rings. The second-order valence-electron chi connectivity index (χ2n) is 6.65. The molecule has 0 atom stereocenters. The molecular weight excluding hydrogens is 340 g/mol. The van der Waals surface area contributed by atoms with Crippen LogP contribution in [0, 0.1) is 0 Å². The molecule has 0 unspecified atom stereocenters. The van der Waals surface area contributed by atoms with Gasteiger partial charge in [0.1, 0.15) is 0 Å². The van der Waals surface area contributed by atoms with E-state index in [2.05, 4.69) is 41.7 Å². The van der Waals surface area contributed by atoms with Crippen molar-refractivity contribution >= 4 is 23.6 Å². The molecular formula is C21H28N4O2. The van der Waals surface area contributed by atoms with Crippen molar-refractivity contribution in [3.8, 4) is 0 Å². The smallest absolute Gasteiger partial charge is 0.273 e. The van der Waals surface area contributed by atoms with Gasteiger partial charge in [0.25, 0.3) is 5.91 Å². The van der Waals surface area contributed by atoms with Gasteiger partial charge in [0.2, 0.25) is 5.91 Å². The van der Waals surface area contributed by atoms with Crippen LogP contribution in [-0.4, -0.2) is 28.1 Å². The molecule has 0 aliphatic heterocycles. The topological polar surface area (TPSA) is 76.0 Å². The lowest BCUT2D eigenvalue weighted by Crippen LogP contribution is -2.26. The Morgan fingerprint density at radius 2 is 1.89 bits per heavy atom. The van der Waals surface area contributed by atoms with Gasteiger partial charge in [-0.05, 0) is 36.5 Å². The summed E-state index contributed by atoms with van der Waals surface area (Å²) in [6.07, 6.45) is 5.71. The van der Waals surface area contributed by atoms with E-state index in [1.165, 1.54) is 11.6 Å². The molecule has 0 bridgehead atoms. The van der Waals surface area contributed by atoms with Gasteiger partial charge in [-0.25, -0.2) is 0 Å². The summed E-state index contributed by atoms with van der Waals surface area (Å²) in [4.78, 5) is 24.5. The molecule has 6 nitrogen and oxygen atoms in total. The number of anilines is 1. The highest BCUT2D eigenvalue weighted by atomic mass is 16.2. The Morgan fingerprint density at radius 3 is 2.48 bits per heavy atom. The Balaban J connectivity index is 2.08. The maximum atomic E-state index is 12.3. The first-order valence-electron chi connectivity index (χ1n) is 9.39. The van der Waals surface area contributed by atoms with Gasteiger partial charge in [-0.1, -0.05) is 45.0 Å². The molecule has 144 valence electrons. The molecule has 2 amide bonds. The second kappa shape index (κ2) is 9.71. The van der Waals surface area contributed by atoms with E-state index in [0.717, 1.165) is 12.0 Å². The third kappa shape index (κ3) is 5.81. The predicted octanol–water partition coefficient (Wildman–Crippen LogP) is 3.82. The first-order chi connectivity index (χ1) is 12.9. The lowest BCUT2D eigenvalue weighted by Gasteiger charge is -2.05. The monoisotopic (exact) mass is 368 g/mol. The van der Waals surface area contributed by atoms with Crippen molar-refractivity contribution in [3.05, 3.63) is 53.4 Å². The molecule has 27 heavy (non-hydrogen) atoms. The van der Waals surface area contributed by atoms with Crippen LogP contribution >= 0.6 is 0 Å². The van der Waals surface area contributed by atoms with Crippen molar-refractivity contribution in [3.63, 3.8) is 0 Å². The van der Waals surface area contributed by atoms with Gasteiger partial charge in [-0.2, -0.15) is 5.10 Å². The van der Waals surface area contributed by atoms with E-state index < -0.39 is 0 Å². The van der Waals surface area contributed by atoms with Gasteiger partial charge in [-0.3, -0.25) is 14.3 Å². The fourth-order valence-electron chi connectivity index (χ4n) is 2.50. The fourth-order valence-corrected chi connectivity index (χ4v) is 2.50. The summed E-state index contributed by atoms with van der Waals surface area (Å²) >= 11 is 0. The van der Waals surface area contributed by atoms with Gasteiger partial charge in [0.05, 0.1) is 5.69 Å². The highest BCUT2D eigenvalue weighted by Gasteiger charge is 2.17. The number of aromatic nitrogens is 2. The highest BCUT2D eigenvalue weighted by Crippen LogP contribution is 2.16. The number of carbonyl (C=O) groups is 2.